The van der Waals surface area contributed by atoms with Gasteiger partial charge >= 0.3 is 0 Å². The molecule has 1 fully saturated rings. The molecule has 1 aliphatic heterocycles. The molecule has 7 nitrogen and oxygen atoms in total. The molecule has 1 aromatic heterocycles. The summed E-state index contributed by atoms with van der Waals surface area (Å²) in [5.74, 6) is 0.903. The lowest BCUT2D eigenvalue weighted by molar-refractivity contribution is -0.129. The van der Waals surface area contributed by atoms with Crippen molar-refractivity contribution in [3.63, 3.8) is 0 Å². The Labute approximate surface area is 220 Å². The van der Waals surface area contributed by atoms with Gasteiger partial charge in [-0.15, -0.1) is 0 Å². The first-order valence-corrected chi connectivity index (χ1v) is 12.3. The van der Waals surface area contributed by atoms with Crippen LogP contribution in [-0.4, -0.2) is 48.0 Å². The zero-order valence-corrected chi connectivity index (χ0v) is 21.7. The average Bonchev–Trinajstić information content (AvgIpc) is 3.34. The van der Waals surface area contributed by atoms with E-state index in [-0.39, 0.29) is 16.9 Å². The van der Waals surface area contributed by atoms with Crippen molar-refractivity contribution in [1.29, 1.82) is 0 Å². The van der Waals surface area contributed by atoms with Gasteiger partial charge in [0.2, 0.25) is 11.8 Å². The smallest absolute Gasteiger partial charge is 0.250 e. The third-order valence-electron chi connectivity index (χ3n) is 5.94. The molecule has 4 rings (SSSR count). The van der Waals surface area contributed by atoms with Gasteiger partial charge < -0.3 is 19.5 Å². The van der Waals surface area contributed by atoms with Gasteiger partial charge in [-0.05, 0) is 61.1 Å². The van der Waals surface area contributed by atoms with Crippen molar-refractivity contribution in [3.8, 4) is 11.3 Å². The highest BCUT2D eigenvalue weighted by atomic mass is 35.5. The summed E-state index contributed by atoms with van der Waals surface area (Å²) in [4.78, 5) is 28.1. The van der Waals surface area contributed by atoms with Crippen LogP contribution in [0, 0.1) is 6.92 Å². The van der Waals surface area contributed by atoms with E-state index in [1.165, 1.54) is 6.08 Å². The molecule has 0 aliphatic carbocycles. The van der Waals surface area contributed by atoms with E-state index in [0.717, 1.165) is 35.6 Å². The first kappa shape index (κ1) is 25.5. The monoisotopic (exact) mass is 522 g/mol. The molecule has 3 aromatic rings. The fraction of sp³-hybridized carbons (Fsp3) is 0.222. The number of thiocarbonyl (C=S) groups is 1. The maximum Gasteiger partial charge on any atom is 0.250 e. The van der Waals surface area contributed by atoms with E-state index in [2.05, 4.69) is 15.5 Å². The summed E-state index contributed by atoms with van der Waals surface area (Å²) < 4.78 is 5.82. The van der Waals surface area contributed by atoms with Crippen LogP contribution >= 0.6 is 23.8 Å². The number of benzene rings is 2. The molecule has 0 atom stereocenters. The lowest BCUT2D eigenvalue weighted by atomic mass is 10.1. The van der Waals surface area contributed by atoms with Crippen LogP contribution in [0.1, 0.15) is 18.2 Å². The minimum Gasteiger partial charge on any atom is -0.457 e. The number of piperazine rings is 1. The van der Waals surface area contributed by atoms with Gasteiger partial charge in [0.15, 0.2) is 5.11 Å². The summed E-state index contributed by atoms with van der Waals surface area (Å²) in [6.07, 6.45) is 2.95. The number of para-hydroxylation sites is 2. The Balaban J connectivity index is 1.34. The van der Waals surface area contributed by atoms with Gasteiger partial charge in [-0.1, -0.05) is 35.9 Å². The fourth-order valence-corrected chi connectivity index (χ4v) is 4.32. The highest BCUT2D eigenvalue weighted by Gasteiger charge is 2.20. The topological polar surface area (TPSA) is 77.8 Å². The zero-order chi connectivity index (χ0) is 25.7. The van der Waals surface area contributed by atoms with Gasteiger partial charge in [-0.3, -0.25) is 14.9 Å². The number of hydrogen-bond acceptors (Lipinski definition) is 5. The molecule has 0 spiro atoms. The van der Waals surface area contributed by atoms with Crippen molar-refractivity contribution in [2.45, 2.75) is 13.8 Å². The minimum absolute atomic E-state index is 0.0864. The lowest BCUT2D eigenvalue weighted by Gasteiger charge is -2.36. The van der Waals surface area contributed by atoms with Gasteiger partial charge in [-0.25, -0.2) is 0 Å². The van der Waals surface area contributed by atoms with Crippen molar-refractivity contribution in [1.82, 2.24) is 10.2 Å². The van der Waals surface area contributed by atoms with Crippen LogP contribution in [0.2, 0.25) is 5.02 Å². The molecule has 186 valence electrons. The van der Waals surface area contributed by atoms with Crippen LogP contribution in [0.15, 0.2) is 65.1 Å². The molecule has 0 radical (unpaired) electrons. The number of anilines is 2. The molecule has 2 N–H and O–H groups in total. The van der Waals surface area contributed by atoms with E-state index in [9.17, 15) is 9.59 Å². The highest BCUT2D eigenvalue weighted by Crippen LogP contribution is 2.28. The standard InChI is InChI=1S/C27H27ClN4O3S/c1-18-7-8-20(17-22(18)28)25-11-9-21(35-25)10-12-26(34)30-27(36)29-23-5-3-4-6-24(23)32-15-13-31(14-16-32)19(2)33/h3-12,17H,13-16H2,1-2H3,(H2,29,30,34,36)/b12-10+. The molecule has 36 heavy (non-hydrogen) atoms. The van der Waals surface area contributed by atoms with Crippen molar-refractivity contribution >= 4 is 58.2 Å². The molecule has 0 unspecified atom stereocenters. The van der Waals surface area contributed by atoms with Gasteiger partial charge in [0.25, 0.3) is 0 Å². The molecule has 0 bridgehead atoms. The normalized spacial score (nSPS) is 13.6. The number of carbonyl (C=O) groups excluding carboxylic acids is 2. The Morgan fingerprint density at radius 3 is 2.53 bits per heavy atom. The van der Waals surface area contributed by atoms with E-state index in [1.54, 1.807) is 19.1 Å². The van der Waals surface area contributed by atoms with Crippen LogP contribution < -0.4 is 15.5 Å². The summed E-state index contributed by atoms with van der Waals surface area (Å²) in [5.41, 5.74) is 3.61. The van der Waals surface area contributed by atoms with Crippen molar-refractivity contribution < 1.29 is 14.0 Å². The highest BCUT2D eigenvalue weighted by molar-refractivity contribution is 7.80. The Hall–Kier alpha value is -3.62. The molecule has 2 aromatic carbocycles. The maximum absolute atomic E-state index is 12.4. The second-order valence-corrected chi connectivity index (χ2v) is 9.27. The van der Waals surface area contributed by atoms with Crippen molar-refractivity contribution in [3.05, 3.63) is 77.0 Å². The molecule has 9 heteroatoms. The Morgan fingerprint density at radius 2 is 1.81 bits per heavy atom. The zero-order valence-electron chi connectivity index (χ0n) is 20.1. The molecule has 2 amide bonds. The number of nitrogens with one attached hydrogen (secondary N) is 2. The summed E-state index contributed by atoms with van der Waals surface area (Å²) in [7, 11) is 0. The molecule has 0 saturated carbocycles. The quantitative estimate of drug-likeness (QED) is 0.358. The van der Waals surface area contributed by atoms with E-state index in [1.807, 2.05) is 60.4 Å². The molecule has 1 saturated heterocycles. The van der Waals surface area contributed by atoms with E-state index in [4.69, 9.17) is 28.2 Å². The van der Waals surface area contributed by atoms with Gasteiger partial charge in [0.1, 0.15) is 11.5 Å². The first-order chi connectivity index (χ1) is 17.3. The number of carbonyl (C=O) groups is 2. The third kappa shape index (κ3) is 6.33. The summed E-state index contributed by atoms with van der Waals surface area (Å²) in [5, 5.41) is 6.64. The number of rotatable bonds is 5. The van der Waals surface area contributed by atoms with Crippen LogP contribution in [-0.2, 0) is 9.59 Å². The number of aryl methyl sites for hydroxylation is 1. The summed E-state index contributed by atoms with van der Waals surface area (Å²) in [6, 6.07) is 17.1. The Morgan fingerprint density at radius 1 is 1.06 bits per heavy atom. The van der Waals surface area contributed by atoms with E-state index >= 15 is 0 Å². The Kier molecular flexibility index (Phi) is 8.07. The van der Waals surface area contributed by atoms with E-state index in [0.29, 0.717) is 29.6 Å². The van der Waals surface area contributed by atoms with Gasteiger partial charge in [-0.2, -0.15) is 0 Å². The predicted octanol–water partition coefficient (Wildman–Crippen LogP) is 5.10. The number of halogens is 1. The third-order valence-corrected chi connectivity index (χ3v) is 6.55. The minimum atomic E-state index is -0.378. The first-order valence-electron chi connectivity index (χ1n) is 11.6. The van der Waals surface area contributed by atoms with Crippen LogP contribution in [0.4, 0.5) is 11.4 Å². The maximum atomic E-state index is 12.4. The fourth-order valence-electron chi connectivity index (χ4n) is 3.93. The Bertz CT molecular complexity index is 1310. The summed E-state index contributed by atoms with van der Waals surface area (Å²) >= 11 is 11.6. The second kappa shape index (κ2) is 11.4. The van der Waals surface area contributed by atoms with Gasteiger partial charge in [0.05, 0.1) is 11.4 Å². The van der Waals surface area contributed by atoms with Crippen LogP contribution in [0.3, 0.4) is 0 Å². The van der Waals surface area contributed by atoms with Crippen molar-refractivity contribution in [2.24, 2.45) is 0 Å². The molecular formula is C27H27ClN4O3S. The van der Waals surface area contributed by atoms with Gasteiger partial charge in [0, 0.05) is 49.8 Å². The average molecular weight is 523 g/mol. The molecular weight excluding hydrogens is 496 g/mol. The second-order valence-electron chi connectivity index (χ2n) is 8.45. The van der Waals surface area contributed by atoms with Crippen molar-refractivity contribution in [2.75, 3.05) is 36.4 Å². The van der Waals surface area contributed by atoms with Crippen LogP contribution in [0.25, 0.3) is 17.4 Å². The molecule has 1 aliphatic rings. The van der Waals surface area contributed by atoms with E-state index < -0.39 is 0 Å². The summed E-state index contributed by atoms with van der Waals surface area (Å²) in [6.45, 7) is 6.31. The lowest BCUT2D eigenvalue weighted by Crippen LogP contribution is -2.48. The predicted molar refractivity (Wildman–Crippen MR) is 148 cm³/mol. The SMILES string of the molecule is CC(=O)N1CCN(c2ccccc2NC(=S)NC(=O)/C=C/c2ccc(-c3ccc(C)c(Cl)c3)o2)CC1. The number of amides is 2. The number of furan rings is 1. The number of hydrogen-bond donors (Lipinski definition) is 2. The number of nitrogens with zero attached hydrogens (tertiary/aromatic N) is 2. The largest absolute Gasteiger partial charge is 0.457 e. The van der Waals surface area contributed by atoms with Crippen LogP contribution in [0.5, 0.6) is 0 Å². The molecule has 2 heterocycles.